The number of hydrogen-bond acceptors (Lipinski definition) is 2. The van der Waals surface area contributed by atoms with E-state index in [1.807, 2.05) is 6.92 Å². The van der Waals surface area contributed by atoms with Crippen molar-refractivity contribution in [3.05, 3.63) is 29.3 Å². The number of carboxylic acid groups (broad SMARTS) is 1. The third kappa shape index (κ3) is 4.03. The second-order valence-corrected chi connectivity index (χ2v) is 4.06. The SMILES string of the molecule is C#CC(CC)NC(=O)Nc1ccc(C(=O)O)cc1C. The Morgan fingerprint density at radius 1 is 1.47 bits per heavy atom. The maximum atomic E-state index is 11.7. The molecule has 1 rings (SSSR count). The van der Waals surface area contributed by atoms with E-state index in [9.17, 15) is 9.59 Å². The molecule has 5 nitrogen and oxygen atoms in total. The molecule has 3 N–H and O–H groups in total. The van der Waals surface area contributed by atoms with E-state index < -0.39 is 12.0 Å². The molecule has 2 amide bonds. The lowest BCUT2D eigenvalue weighted by molar-refractivity contribution is 0.0697. The van der Waals surface area contributed by atoms with Gasteiger partial charge >= 0.3 is 12.0 Å². The van der Waals surface area contributed by atoms with Crippen molar-refractivity contribution in [1.82, 2.24) is 5.32 Å². The summed E-state index contributed by atoms with van der Waals surface area (Å²) in [5.74, 6) is 1.46. The molecule has 1 aromatic carbocycles. The molecule has 100 valence electrons. The van der Waals surface area contributed by atoms with Gasteiger partial charge in [0.05, 0.1) is 11.6 Å². The zero-order valence-electron chi connectivity index (χ0n) is 10.9. The number of amides is 2. The third-order valence-corrected chi connectivity index (χ3v) is 2.64. The lowest BCUT2D eigenvalue weighted by Gasteiger charge is -2.13. The van der Waals surface area contributed by atoms with Crippen LogP contribution in [0, 0.1) is 19.3 Å². The molecule has 1 atom stereocenters. The molecule has 0 aliphatic heterocycles. The Labute approximate surface area is 112 Å². The number of benzene rings is 1. The average Bonchev–Trinajstić information content (AvgIpc) is 2.38. The van der Waals surface area contributed by atoms with Crippen molar-refractivity contribution < 1.29 is 14.7 Å². The zero-order valence-corrected chi connectivity index (χ0v) is 10.9. The van der Waals surface area contributed by atoms with Crippen LogP contribution in [0.15, 0.2) is 18.2 Å². The quantitative estimate of drug-likeness (QED) is 0.726. The lowest BCUT2D eigenvalue weighted by Crippen LogP contribution is -2.36. The normalized spacial score (nSPS) is 11.2. The first-order valence-electron chi connectivity index (χ1n) is 5.85. The first-order chi connectivity index (χ1) is 8.97. The summed E-state index contributed by atoms with van der Waals surface area (Å²) in [6, 6.07) is 3.75. The Bertz CT molecular complexity index is 532. The summed E-state index contributed by atoms with van der Waals surface area (Å²) in [4.78, 5) is 22.5. The van der Waals surface area contributed by atoms with Crippen LogP contribution < -0.4 is 10.6 Å². The fourth-order valence-corrected chi connectivity index (χ4v) is 1.52. The zero-order chi connectivity index (χ0) is 14.4. The highest BCUT2D eigenvalue weighted by Crippen LogP contribution is 2.16. The average molecular weight is 260 g/mol. The van der Waals surface area contributed by atoms with Crippen LogP contribution in [0.2, 0.25) is 0 Å². The molecule has 5 heteroatoms. The molecule has 0 spiro atoms. The smallest absolute Gasteiger partial charge is 0.335 e. The van der Waals surface area contributed by atoms with Crippen molar-refractivity contribution in [2.45, 2.75) is 26.3 Å². The van der Waals surface area contributed by atoms with Gasteiger partial charge in [-0.25, -0.2) is 9.59 Å². The summed E-state index contributed by atoms with van der Waals surface area (Å²) in [5, 5.41) is 14.1. The van der Waals surface area contributed by atoms with E-state index >= 15 is 0 Å². The predicted octanol–water partition coefficient (Wildman–Crippen LogP) is 2.23. The summed E-state index contributed by atoms with van der Waals surface area (Å²) < 4.78 is 0. The molecule has 0 heterocycles. The van der Waals surface area contributed by atoms with Gasteiger partial charge in [0.25, 0.3) is 0 Å². The molecule has 1 aromatic rings. The predicted molar refractivity (Wildman–Crippen MR) is 73.2 cm³/mol. The van der Waals surface area contributed by atoms with Crippen LogP contribution in [0.1, 0.15) is 29.3 Å². The molecular weight excluding hydrogens is 244 g/mol. The van der Waals surface area contributed by atoms with Gasteiger partial charge in [-0.15, -0.1) is 6.42 Å². The van der Waals surface area contributed by atoms with Crippen molar-refractivity contribution in [1.29, 1.82) is 0 Å². The fraction of sp³-hybridized carbons (Fsp3) is 0.286. The second-order valence-electron chi connectivity index (χ2n) is 4.06. The molecule has 0 saturated heterocycles. The minimum absolute atomic E-state index is 0.179. The van der Waals surface area contributed by atoms with E-state index in [0.29, 0.717) is 17.7 Å². The highest BCUT2D eigenvalue weighted by atomic mass is 16.4. The van der Waals surface area contributed by atoms with Gasteiger partial charge in [-0.3, -0.25) is 0 Å². The lowest BCUT2D eigenvalue weighted by atomic mass is 10.1. The minimum Gasteiger partial charge on any atom is -0.478 e. The number of terminal acetylenes is 1. The van der Waals surface area contributed by atoms with Crippen molar-refractivity contribution in [3.63, 3.8) is 0 Å². The Kier molecular flexibility index (Phi) is 4.95. The number of aromatic carboxylic acids is 1. The van der Waals surface area contributed by atoms with Gasteiger partial charge in [-0.2, -0.15) is 0 Å². The van der Waals surface area contributed by atoms with E-state index in [1.54, 1.807) is 13.0 Å². The van der Waals surface area contributed by atoms with E-state index in [0.717, 1.165) is 0 Å². The highest BCUT2D eigenvalue weighted by molar-refractivity contribution is 5.92. The molecule has 0 aromatic heterocycles. The molecule has 19 heavy (non-hydrogen) atoms. The van der Waals surface area contributed by atoms with Gasteiger partial charge in [0.15, 0.2) is 0 Å². The largest absolute Gasteiger partial charge is 0.478 e. The number of urea groups is 1. The number of rotatable bonds is 4. The first kappa shape index (κ1) is 14.6. The number of carbonyl (C=O) groups is 2. The number of aryl methyl sites for hydroxylation is 1. The molecular formula is C14H16N2O3. The van der Waals surface area contributed by atoms with E-state index in [1.165, 1.54) is 12.1 Å². The minimum atomic E-state index is -1.00. The van der Waals surface area contributed by atoms with Crippen molar-refractivity contribution in [3.8, 4) is 12.3 Å². The number of nitrogens with one attached hydrogen (secondary N) is 2. The summed E-state index contributed by atoms with van der Waals surface area (Å²) in [6.07, 6.45) is 5.89. The van der Waals surface area contributed by atoms with E-state index in [-0.39, 0.29) is 11.6 Å². The van der Waals surface area contributed by atoms with Gasteiger partial charge in [0, 0.05) is 5.69 Å². The maximum Gasteiger partial charge on any atom is 0.335 e. The van der Waals surface area contributed by atoms with Gasteiger partial charge in [0.1, 0.15) is 0 Å². The van der Waals surface area contributed by atoms with Crippen LogP contribution in [0.25, 0.3) is 0 Å². The number of hydrogen-bond donors (Lipinski definition) is 3. The molecule has 0 radical (unpaired) electrons. The van der Waals surface area contributed by atoms with Crippen LogP contribution in [0.3, 0.4) is 0 Å². The van der Waals surface area contributed by atoms with Crippen molar-refractivity contribution in [2.75, 3.05) is 5.32 Å². The Morgan fingerprint density at radius 2 is 2.16 bits per heavy atom. The van der Waals surface area contributed by atoms with Crippen LogP contribution in [-0.2, 0) is 0 Å². The molecule has 0 bridgehead atoms. The van der Waals surface area contributed by atoms with Gasteiger partial charge in [0.2, 0.25) is 0 Å². The summed E-state index contributed by atoms with van der Waals surface area (Å²) >= 11 is 0. The van der Waals surface area contributed by atoms with Gasteiger partial charge in [-0.1, -0.05) is 12.8 Å². The summed E-state index contributed by atoms with van der Waals surface area (Å²) in [7, 11) is 0. The molecule has 0 aliphatic rings. The van der Waals surface area contributed by atoms with Gasteiger partial charge < -0.3 is 15.7 Å². The van der Waals surface area contributed by atoms with Crippen LogP contribution in [0.5, 0.6) is 0 Å². The fourth-order valence-electron chi connectivity index (χ4n) is 1.52. The topological polar surface area (TPSA) is 78.4 Å². The van der Waals surface area contributed by atoms with Gasteiger partial charge in [-0.05, 0) is 37.1 Å². The molecule has 1 unspecified atom stereocenters. The van der Waals surface area contributed by atoms with Crippen LogP contribution in [0.4, 0.5) is 10.5 Å². The monoisotopic (exact) mass is 260 g/mol. The Hall–Kier alpha value is -2.48. The number of anilines is 1. The molecule has 0 aliphatic carbocycles. The van der Waals surface area contributed by atoms with Crippen LogP contribution >= 0.6 is 0 Å². The molecule has 0 saturated carbocycles. The Morgan fingerprint density at radius 3 is 2.63 bits per heavy atom. The van der Waals surface area contributed by atoms with E-state index in [4.69, 9.17) is 11.5 Å². The maximum absolute atomic E-state index is 11.7. The van der Waals surface area contributed by atoms with Crippen molar-refractivity contribution in [2.24, 2.45) is 0 Å². The molecule has 0 fully saturated rings. The summed E-state index contributed by atoms with van der Waals surface area (Å²) in [5.41, 5.74) is 1.40. The Balaban J connectivity index is 2.75. The third-order valence-electron chi connectivity index (χ3n) is 2.64. The number of carboxylic acids is 1. The van der Waals surface area contributed by atoms with E-state index in [2.05, 4.69) is 16.6 Å². The first-order valence-corrected chi connectivity index (χ1v) is 5.85. The standard InChI is InChI=1S/C14H16N2O3/c1-4-11(5-2)15-14(19)16-12-7-6-10(13(17)18)8-9(12)3/h1,6-8,11H,5H2,2-3H3,(H,17,18)(H2,15,16,19). The number of carbonyl (C=O) groups excluding carboxylic acids is 1. The van der Waals surface area contributed by atoms with Crippen molar-refractivity contribution >= 4 is 17.7 Å². The highest BCUT2D eigenvalue weighted by Gasteiger charge is 2.10. The second kappa shape index (κ2) is 6.45. The summed E-state index contributed by atoms with van der Waals surface area (Å²) in [6.45, 7) is 3.60. The van der Waals surface area contributed by atoms with Crippen LogP contribution in [-0.4, -0.2) is 23.1 Å².